The zero-order chi connectivity index (χ0) is 15.5. The molecule has 0 aliphatic carbocycles. The van der Waals surface area contributed by atoms with Crippen LogP contribution in [-0.2, 0) is 5.54 Å². The Morgan fingerprint density at radius 1 is 1.05 bits per heavy atom. The van der Waals surface area contributed by atoms with Crippen molar-refractivity contribution in [2.24, 2.45) is 11.7 Å². The molecular weight excluding hydrogens is 256 g/mol. The van der Waals surface area contributed by atoms with Crippen LogP contribution in [0, 0.1) is 5.92 Å². The monoisotopic (exact) mass is 284 g/mol. The highest BCUT2D eigenvalue weighted by Gasteiger charge is 2.31. The van der Waals surface area contributed by atoms with E-state index >= 15 is 0 Å². The second-order valence-corrected chi connectivity index (χ2v) is 6.63. The van der Waals surface area contributed by atoms with E-state index in [9.17, 15) is 0 Å². The topological polar surface area (TPSA) is 29.3 Å². The number of hydrogen-bond acceptors (Lipinski definition) is 2. The number of hydrogen-bond donors (Lipinski definition) is 1. The van der Waals surface area contributed by atoms with Gasteiger partial charge in [-0.05, 0) is 55.7 Å². The molecule has 0 heterocycles. The Hall–Kier alpha value is -1.38. The molecule has 2 nitrogen and oxygen atoms in total. The molecule has 0 fully saturated rings. The minimum absolute atomic E-state index is 0.267. The van der Waals surface area contributed by atoms with Gasteiger partial charge in [-0.3, -0.25) is 0 Å². The molecule has 2 N–H and O–H groups in total. The third-order valence-electron chi connectivity index (χ3n) is 4.52. The lowest BCUT2D eigenvalue weighted by molar-refractivity contribution is 0.271. The van der Waals surface area contributed by atoms with Crippen molar-refractivity contribution in [2.45, 2.75) is 32.2 Å². The number of fused-ring (bicyclic) bond motifs is 1. The second kappa shape index (κ2) is 6.59. The van der Waals surface area contributed by atoms with Gasteiger partial charge in [0, 0.05) is 5.54 Å². The van der Waals surface area contributed by atoms with Crippen molar-refractivity contribution >= 4 is 10.8 Å². The zero-order valence-electron chi connectivity index (χ0n) is 13.8. The minimum Gasteiger partial charge on any atom is -0.321 e. The van der Waals surface area contributed by atoms with Crippen molar-refractivity contribution in [1.29, 1.82) is 0 Å². The first kappa shape index (κ1) is 16.0. The maximum atomic E-state index is 6.90. The van der Waals surface area contributed by atoms with E-state index in [4.69, 9.17) is 5.73 Å². The molecule has 0 radical (unpaired) electrons. The lowest BCUT2D eigenvalue weighted by Crippen LogP contribution is -2.42. The van der Waals surface area contributed by atoms with Crippen LogP contribution >= 0.6 is 0 Å². The number of nitrogens with two attached hydrogens (primary N) is 1. The molecule has 0 bridgehead atoms. The average molecular weight is 284 g/mol. The number of rotatable bonds is 6. The Labute approximate surface area is 128 Å². The van der Waals surface area contributed by atoms with Gasteiger partial charge in [-0.1, -0.05) is 56.3 Å². The molecule has 0 amide bonds. The summed E-state index contributed by atoms with van der Waals surface area (Å²) in [6.45, 7) is 5.55. The molecule has 114 valence electrons. The van der Waals surface area contributed by atoms with Crippen LogP contribution in [0.15, 0.2) is 42.5 Å². The highest BCUT2D eigenvalue weighted by molar-refractivity contribution is 5.86. The third kappa shape index (κ3) is 3.45. The zero-order valence-corrected chi connectivity index (χ0v) is 13.8. The number of benzene rings is 2. The summed E-state index contributed by atoms with van der Waals surface area (Å²) in [5.41, 5.74) is 7.92. The van der Waals surface area contributed by atoms with Gasteiger partial charge in [0.2, 0.25) is 0 Å². The predicted octanol–water partition coefficient (Wildman–Crippen LogP) is 3.99. The molecule has 0 saturated heterocycles. The van der Waals surface area contributed by atoms with Crippen molar-refractivity contribution in [3.05, 3.63) is 48.0 Å². The highest BCUT2D eigenvalue weighted by atomic mass is 15.0. The van der Waals surface area contributed by atoms with Crippen LogP contribution in [0.25, 0.3) is 10.8 Å². The number of nitrogens with zero attached hydrogens (tertiary/aromatic N) is 1. The molecule has 0 spiro atoms. The Bertz CT molecular complexity index is 584. The van der Waals surface area contributed by atoms with Crippen LogP contribution in [0.4, 0.5) is 0 Å². The summed E-state index contributed by atoms with van der Waals surface area (Å²) in [7, 11) is 4.23. The first-order valence-corrected chi connectivity index (χ1v) is 7.87. The smallest absolute Gasteiger partial charge is 0.0439 e. The molecule has 2 heteroatoms. The Balaban J connectivity index is 2.40. The Morgan fingerprint density at radius 2 is 1.71 bits per heavy atom. The summed E-state index contributed by atoms with van der Waals surface area (Å²) in [5, 5.41) is 2.57. The van der Waals surface area contributed by atoms with E-state index in [0.717, 1.165) is 19.4 Å². The first-order valence-electron chi connectivity index (χ1n) is 7.87. The van der Waals surface area contributed by atoms with Crippen LogP contribution in [0.1, 0.15) is 32.3 Å². The quantitative estimate of drug-likeness (QED) is 0.869. The van der Waals surface area contributed by atoms with Crippen LogP contribution < -0.4 is 5.73 Å². The van der Waals surface area contributed by atoms with E-state index in [1.54, 1.807) is 0 Å². The van der Waals surface area contributed by atoms with Crippen molar-refractivity contribution in [1.82, 2.24) is 4.90 Å². The summed E-state index contributed by atoms with van der Waals surface area (Å²) in [6.07, 6.45) is 2.13. The molecule has 0 aromatic heterocycles. The first-order chi connectivity index (χ1) is 9.95. The van der Waals surface area contributed by atoms with Gasteiger partial charge >= 0.3 is 0 Å². The molecule has 0 aliphatic heterocycles. The van der Waals surface area contributed by atoms with E-state index < -0.39 is 0 Å². The summed E-state index contributed by atoms with van der Waals surface area (Å²) in [4.78, 5) is 2.23. The second-order valence-electron chi connectivity index (χ2n) is 6.63. The fourth-order valence-corrected chi connectivity index (χ4v) is 3.05. The molecule has 2 aromatic rings. The van der Waals surface area contributed by atoms with E-state index in [-0.39, 0.29) is 5.54 Å². The predicted molar refractivity (Wildman–Crippen MR) is 92.4 cm³/mol. The maximum absolute atomic E-state index is 6.90. The fourth-order valence-electron chi connectivity index (χ4n) is 3.05. The maximum Gasteiger partial charge on any atom is 0.0439 e. The van der Waals surface area contributed by atoms with Crippen LogP contribution in [-0.4, -0.2) is 25.5 Å². The lowest BCUT2D eigenvalue weighted by Gasteiger charge is -2.36. The molecule has 21 heavy (non-hydrogen) atoms. The largest absolute Gasteiger partial charge is 0.321 e. The molecule has 0 unspecified atom stereocenters. The van der Waals surface area contributed by atoms with Gasteiger partial charge in [0.25, 0.3) is 0 Å². The van der Waals surface area contributed by atoms with Crippen LogP contribution in [0.2, 0.25) is 0 Å². The lowest BCUT2D eigenvalue weighted by atomic mass is 9.75. The van der Waals surface area contributed by atoms with Crippen LogP contribution in [0.5, 0.6) is 0 Å². The summed E-state index contributed by atoms with van der Waals surface area (Å²) in [5.74, 6) is 0.408. The van der Waals surface area contributed by atoms with Gasteiger partial charge < -0.3 is 10.6 Å². The molecule has 0 saturated carbocycles. The van der Waals surface area contributed by atoms with Gasteiger partial charge in [0.05, 0.1) is 0 Å². The molecule has 2 rings (SSSR count). The van der Waals surface area contributed by atoms with E-state index in [2.05, 4.69) is 75.3 Å². The van der Waals surface area contributed by atoms with E-state index in [1.807, 2.05) is 0 Å². The summed E-state index contributed by atoms with van der Waals surface area (Å²) in [6, 6.07) is 15.1. The summed E-state index contributed by atoms with van der Waals surface area (Å²) >= 11 is 0. The van der Waals surface area contributed by atoms with Crippen molar-refractivity contribution < 1.29 is 0 Å². The van der Waals surface area contributed by atoms with Crippen molar-refractivity contribution in [3.8, 4) is 0 Å². The third-order valence-corrected chi connectivity index (χ3v) is 4.52. The fraction of sp³-hybridized carbons (Fsp3) is 0.474. The van der Waals surface area contributed by atoms with Crippen molar-refractivity contribution in [3.63, 3.8) is 0 Å². The van der Waals surface area contributed by atoms with E-state index in [1.165, 1.54) is 16.3 Å². The van der Waals surface area contributed by atoms with Gasteiger partial charge in [-0.2, -0.15) is 0 Å². The highest BCUT2D eigenvalue weighted by Crippen LogP contribution is 2.36. The Morgan fingerprint density at radius 3 is 2.38 bits per heavy atom. The molecular formula is C19H28N2. The Kier molecular flexibility index (Phi) is 5.02. The van der Waals surface area contributed by atoms with Gasteiger partial charge in [0.15, 0.2) is 0 Å². The standard InChI is InChI=1S/C19H28N2/c1-15(2)19(20,13-8-14-21(3)4)18-12-7-10-16-9-5-6-11-17(16)18/h5-7,9-12,15H,8,13-14,20H2,1-4H3/t19-/m0/s1. The summed E-state index contributed by atoms with van der Waals surface area (Å²) < 4.78 is 0. The normalized spacial score (nSPS) is 14.8. The van der Waals surface area contributed by atoms with Gasteiger partial charge in [-0.25, -0.2) is 0 Å². The molecule has 2 aromatic carbocycles. The SMILES string of the molecule is CC(C)[C@@](N)(CCCN(C)C)c1cccc2ccccc12. The molecule has 0 aliphatic rings. The van der Waals surface area contributed by atoms with Crippen LogP contribution in [0.3, 0.4) is 0 Å². The van der Waals surface area contributed by atoms with E-state index in [0.29, 0.717) is 5.92 Å². The minimum atomic E-state index is -0.267. The van der Waals surface area contributed by atoms with Gasteiger partial charge in [0.1, 0.15) is 0 Å². The van der Waals surface area contributed by atoms with Gasteiger partial charge in [-0.15, -0.1) is 0 Å². The molecule has 1 atom stereocenters. The average Bonchev–Trinajstić information content (AvgIpc) is 2.45. The van der Waals surface area contributed by atoms with Crippen molar-refractivity contribution in [2.75, 3.05) is 20.6 Å².